The lowest BCUT2D eigenvalue weighted by Crippen LogP contribution is -2.01. The van der Waals surface area contributed by atoms with E-state index in [9.17, 15) is 10.5 Å². The number of hydrogen-bond acceptors (Lipinski definition) is 2. The van der Waals surface area contributed by atoms with Gasteiger partial charge < -0.3 is 13.7 Å². The Morgan fingerprint density at radius 1 is 0.345 bits per heavy atom. The van der Waals surface area contributed by atoms with Crippen LogP contribution in [0.2, 0.25) is 0 Å². The Labute approximate surface area is 316 Å². The predicted octanol–water partition coefficient (Wildman–Crippen LogP) is 12.4. The van der Waals surface area contributed by atoms with Crippen LogP contribution in [0, 0.1) is 22.7 Å². The third-order valence-electron chi connectivity index (χ3n) is 11.1. The molecule has 11 aromatic rings. The Balaban J connectivity index is 1.18. The average molecular weight is 700 g/mol. The van der Waals surface area contributed by atoms with Crippen LogP contribution in [0.15, 0.2) is 176 Å². The summed E-state index contributed by atoms with van der Waals surface area (Å²) in [7, 11) is 0. The maximum Gasteiger partial charge on any atom is 0.101 e. The number of fused-ring (bicyclic) bond motifs is 9. The molecule has 254 valence electrons. The maximum atomic E-state index is 10.6. The van der Waals surface area contributed by atoms with Crippen molar-refractivity contribution in [3.63, 3.8) is 0 Å². The molecule has 0 amide bonds. The van der Waals surface area contributed by atoms with Gasteiger partial charge in [-0.2, -0.15) is 10.5 Å². The van der Waals surface area contributed by atoms with Gasteiger partial charge in [0.15, 0.2) is 0 Å². The molecule has 8 aromatic carbocycles. The van der Waals surface area contributed by atoms with Crippen LogP contribution in [0.1, 0.15) is 11.1 Å². The number of benzene rings is 8. The van der Waals surface area contributed by atoms with Gasteiger partial charge in [0.2, 0.25) is 0 Å². The number of nitriles is 2. The first kappa shape index (κ1) is 30.7. The minimum Gasteiger partial charge on any atom is -0.309 e. The SMILES string of the molecule is N#Cc1ccc2c(c1)c1ccc(-n3c4ccccc4c4ccccc43)cc1n2-c1cccc(-c2cccc(C#N)c2-n2c3ccccc3c3ccccc32)c1. The van der Waals surface area contributed by atoms with Crippen LogP contribution >= 0.6 is 0 Å². The molecular weight excluding hydrogens is 671 g/mol. The summed E-state index contributed by atoms with van der Waals surface area (Å²) in [5.74, 6) is 0. The molecule has 0 aliphatic rings. The van der Waals surface area contributed by atoms with E-state index in [0.29, 0.717) is 11.1 Å². The van der Waals surface area contributed by atoms with Crippen molar-refractivity contribution in [3.8, 4) is 40.3 Å². The lowest BCUT2D eigenvalue weighted by Gasteiger charge is -2.17. The van der Waals surface area contributed by atoms with Crippen molar-refractivity contribution >= 4 is 65.4 Å². The fraction of sp³-hybridized carbons (Fsp3) is 0. The number of hydrogen-bond donors (Lipinski definition) is 0. The molecule has 3 aromatic heterocycles. The molecule has 0 atom stereocenters. The summed E-state index contributed by atoms with van der Waals surface area (Å²) in [5, 5.41) is 27.3. The van der Waals surface area contributed by atoms with Crippen LogP contribution in [-0.2, 0) is 0 Å². The Bertz CT molecular complexity index is 3360. The first-order chi connectivity index (χ1) is 27.2. The first-order valence-corrected chi connectivity index (χ1v) is 18.3. The van der Waals surface area contributed by atoms with Gasteiger partial charge in [0.05, 0.1) is 56.0 Å². The Hall–Kier alpha value is -7.86. The number of aromatic nitrogens is 3. The van der Waals surface area contributed by atoms with Crippen LogP contribution in [0.25, 0.3) is 93.6 Å². The smallest absolute Gasteiger partial charge is 0.101 e. The molecule has 55 heavy (non-hydrogen) atoms. The van der Waals surface area contributed by atoms with Gasteiger partial charge >= 0.3 is 0 Å². The van der Waals surface area contributed by atoms with Gasteiger partial charge in [-0.3, -0.25) is 0 Å². The van der Waals surface area contributed by atoms with Crippen molar-refractivity contribution in [3.05, 3.63) is 187 Å². The largest absolute Gasteiger partial charge is 0.309 e. The zero-order valence-corrected chi connectivity index (χ0v) is 29.5. The lowest BCUT2D eigenvalue weighted by atomic mass is 9.99. The van der Waals surface area contributed by atoms with Crippen molar-refractivity contribution in [2.45, 2.75) is 0 Å². The standard InChI is InChI=1S/C50H29N5/c51-30-32-23-26-48-43(27-32)42-25-24-36(53-44-19-5-1-14-38(44)39-15-2-6-20-45(39)53)29-49(42)54(48)35-13-9-11-33(28-35)37-18-10-12-34(31-52)50(37)55-46-21-7-3-16-40(46)41-17-4-8-22-47(41)55/h1-29H. The summed E-state index contributed by atoms with van der Waals surface area (Å²) in [6.45, 7) is 0. The van der Waals surface area contributed by atoms with Crippen LogP contribution < -0.4 is 0 Å². The minimum absolute atomic E-state index is 0.603. The second-order valence-electron chi connectivity index (χ2n) is 14.0. The summed E-state index contributed by atoms with van der Waals surface area (Å²) in [5.41, 5.74) is 12.5. The van der Waals surface area contributed by atoms with E-state index in [0.717, 1.165) is 82.8 Å². The second kappa shape index (κ2) is 11.8. The van der Waals surface area contributed by atoms with Crippen LogP contribution in [0.5, 0.6) is 0 Å². The summed E-state index contributed by atoms with van der Waals surface area (Å²) in [6, 6.07) is 66.0. The van der Waals surface area contributed by atoms with E-state index in [2.05, 4.69) is 177 Å². The quantitative estimate of drug-likeness (QED) is 0.184. The normalized spacial score (nSPS) is 11.6. The topological polar surface area (TPSA) is 62.4 Å². The van der Waals surface area contributed by atoms with E-state index in [4.69, 9.17) is 0 Å². The molecule has 0 saturated carbocycles. The molecule has 11 rings (SSSR count). The third kappa shape index (κ3) is 4.45. The minimum atomic E-state index is 0.603. The molecule has 0 aliphatic carbocycles. The monoisotopic (exact) mass is 699 g/mol. The highest BCUT2D eigenvalue weighted by Crippen LogP contribution is 2.40. The molecule has 0 N–H and O–H groups in total. The molecule has 0 fully saturated rings. The zero-order chi connectivity index (χ0) is 36.6. The fourth-order valence-electron chi connectivity index (χ4n) is 8.78. The second-order valence-corrected chi connectivity index (χ2v) is 14.0. The van der Waals surface area contributed by atoms with E-state index in [1.165, 1.54) is 10.8 Å². The maximum absolute atomic E-state index is 10.6. The molecule has 0 unspecified atom stereocenters. The zero-order valence-electron chi connectivity index (χ0n) is 29.5. The molecule has 5 nitrogen and oxygen atoms in total. The average Bonchev–Trinajstić information content (AvgIpc) is 3.88. The lowest BCUT2D eigenvalue weighted by molar-refractivity contribution is 1.15. The van der Waals surface area contributed by atoms with Gasteiger partial charge in [-0.25, -0.2) is 0 Å². The van der Waals surface area contributed by atoms with E-state index < -0.39 is 0 Å². The van der Waals surface area contributed by atoms with E-state index in [1.54, 1.807) is 0 Å². The summed E-state index contributed by atoms with van der Waals surface area (Å²) < 4.78 is 6.89. The van der Waals surface area contributed by atoms with E-state index in [1.807, 2.05) is 24.3 Å². The van der Waals surface area contributed by atoms with E-state index in [-0.39, 0.29) is 0 Å². The number of nitrogens with zero attached hydrogens (tertiary/aromatic N) is 5. The molecule has 3 heterocycles. The van der Waals surface area contributed by atoms with Crippen molar-refractivity contribution in [1.82, 2.24) is 13.7 Å². The molecular formula is C50H29N5. The summed E-state index contributed by atoms with van der Waals surface area (Å²) in [6.07, 6.45) is 0. The van der Waals surface area contributed by atoms with Gasteiger partial charge in [-0.1, -0.05) is 103 Å². The molecule has 0 saturated heterocycles. The fourth-order valence-corrected chi connectivity index (χ4v) is 8.78. The highest BCUT2D eigenvalue weighted by molar-refractivity contribution is 6.13. The van der Waals surface area contributed by atoms with Gasteiger partial charge in [0.25, 0.3) is 0 Å². The van der Waals surface area contributed by atoms with Crippen LogP contribution in [-0.4, -0.2) is 13.7 Å². The summed E-state index contributed by atoms with van der Waals surface area (Å²) >= 11 is 0. The van der Waals surface area contributed by atoms with Crippen molar-refractivity contribution in [2.24, 2.45) is 0 Å². The van der Waals surface area contributed by atoms with E-state index >= 15 is 0 Å². The van der Waals surface area contributed by atoms with Gasteiger partial charge in [0, 0.05) is 49.3 Å². The van der Waals surface area contributed by atoms with Gasteiger partial charge in [-0.05, 0) is 78.4 Å². The molecule has 0 bridgehead atoms. The highest BCUT2D eigenvalue weighted by atomic mass is 15.0. The molecule has 0 aliphatic heterocycles. The highest BCUT2D eigenvalue weighted by Gasteiger charge is 2.21. The molecule has 5 heteroatoms. The Morgan fingerprint density at radius 2 is 0.873 bits per heavy atom. The number of rotatable bonds is 4. The predicted molar refractivity (Wildman–Crippen MR) is 224 cm³/mol. The van der Waals surface area contributed by atoms with Gasteiger partial charge in [0.1, 0.15) is 6.07 Å². The van der Waals surface area contributed by atoms with Crippen molar-refractivity contribution in [2.75, 3.05) is 0 Å². The van der Waals surface area contributed by atoms with Crippen LogP contribution in [0.4, 0.5) is 0 Å². The first-order valence-electron chi connectivity index (χ1n) is 18.3. The number of para-hydroxylation sites is 5. The van der Waals surface area contributed by atoms with Gasteiger partial charge in [-0.15, -0.1) is 0 Å². The molecule has 0 radical (unpaired) electrons. The summed E-state index contributed by atoms with van der Waals surface area (Å²) in [4.78, 5) is 0. The third-order valence-corrected chi connectivity index (χ3v) is 11.1. The Morgan fingerprint density at radius 3 is 1.49 bits per heavy atom. The van der Waals surface area contributed by atoms with Crippen molar-refractivity contribution in [1.29, 1.82) is 10.5 Å². The Kier molecular flexibility index (Phi) is 6.61. The van der Waals surface area contributed by atoms with Crippen LogP contribution in [0.3, 0.4) is 0 Å². The molecule has 0 spiro atoms. The van der Waals surface area contributed by atoms with Crippen molar-refractivity contribution < 1.29 is 0 Å².